The van der Waals surface area contributed by atoms with E-state index in [4.69, 9.17) is 28.1 Å². The molecule has 13 nitrogen and oxygen atoms in total. The van der Waals surface area contributed by atoms with Crippen LogP contribution in [0.2, 0.25) is 0 Å². The largest absolute Gasteiger partial charge is 0.472 e. The molecule has 0 unspecified atom stereocenters. The van der Waals surface area contributed by atoms with E-state index in [9.17, 15) is 35.1 Å². The van der Waals surface area contributed by atoms with Crippen molar-refractivity contribution in [3.63, 3.8) is 0 Å². The van der Waals surface area contributed by atoms with Crippen LogP contribution in [0.25, 0.3) is 0 Å². The summed E-state index contributed by atoms with van der Waals surface area (Å²) in [5.41, 5.74) is -4.25. The van der Waals surface area contributed by atoms with Crippen LogP contribution in [0.1, 0.15) is 72.0 Å². The van der Waals surface area contributed by atoms with Gasteiger partial charge in [0.05, 0.1) is 37.8 Å². The number of esters is 2. The molecular weight excluding hydrogens is 592 g/mol. The number of cyclic esters (lactones) is 2. The van der Waals surface area contributed by atoms with Gasteiger partial charge in [-0.05, 0) is 45.1 Å². The van der Waals surface area contributed by atoms with Crippen LogP contribution in [0.4, 0.5) is 0 Å². The van der Waals surface area contributed by atoms with Gasteiger partial charge < -0.3 is 53.6 Å². The SMILES string of the molecule is CC1(C)OC(=O)C[C@H](O)[C@]2(C)[C@H]3CC[C@@]4(C)[C@H](c5ccoc5)OC(=O)[C@H]5O[C@]54[C@]3(C)[C@@H](O[C@@H]3O[C@H](CO)[C@@H](O)[C@H](O)[C@H]3O)C[C@@H]12. The van der Waals surface area contributed by atoms with E-state index >= 15 is 0 Å². The van der Waals surface area contributed by atoms with Gasteiger partial charge in [-0.15, -0.1) is 0 Å². The van der Waals surface area contributed by atoms with Gasteiger partial charge in [0.2, 0.25) is 0 Å². The highest BCUT2D eigenvalue weighted by atomic mass is 16.7. The molecule has 2 saturated carbocycles. The van der Waals surface area contributed by atoms with E-state index in [1.54, 1.807) is 12.3 Å². The lowest BCUT2D eigenvalue weighted by Gasteiger charge is -2.69. The second kappa shape index (κ2) is 9.96. The van der Waals surface area contributed by atoms with Crippen LogP contribution in [0, 0.1) is 28.1 Å². The number of rotatable bonds is 4. The van der Waals surface area contributed by atoms with Gasteiger partial charge in [0, 0.05) is 27.7 Å². The van der Waals surface area contributed by atoms with Crippen LogP contribution >= 0.6 is 0 Å². The Morgan fingerprint density at radius 3 is 2.38 bits per heavy atom. The summed E-state index contributed by atoms with van der Waals surface area (Å²) < 4.78 is 36.4. The normalized spacial score (nSPS) is 53.5. The van der Waals surface area contributed by atoms with Crippen molar-refractivity contribution >= 4 is 11.9 Å². The van der Waals surface area contributed by atoms with Crippen molar-refractivity contribution in [2.24, 2.45) is 28.1 Å². The van der Waals surface area contributed by atoms with E-state index in [-0.39, 0.29) is 12.8 Å². The Bertz CT molecular complexity index is 1350. The number of fused-ring (bicyclic) bond motifs is 3. The molecule has 45 heavy (non-hydrogen) atoms. The van der Waals surface area contributed by atoms with Crippen LogP contribution < -0.4 is 0 Å². The van der Waals surface area contributed by atoms with Gasteiger partial charge in [0.15, 0.2) is 12.4 Å². The van der Waals surface area contributed by atoms with Crippen LogP contribution in [-0.2, 0) is 33.3 Å². The number of ether oxygens (including phenoxy) is 5. The molecule has 0 bridgehead atoms. The van der Waals surface area contributed by atoms with Crippen molar-refractivity contribution in [3.05, 3.63) is 24.2 Å². The van der Waals surface area contributed by atoms with Crippen LogP contribution in [-0.4, -0.2) is 104 Å². The molecule has 7 rings (SSSR count). The van der Waals surface area contributed by atoms with Crippen molar-refractivity contribution in [2.75, 3.05) is 6.61 Å². The molecule has 1 aromatic rings. The highest BCUT2D eigenvalue weighted by Gasteiger charge is 2.88. The van der Waals surface area contributed by atoms with Gasteiger partial charge >= 0.3 is 11.9 Å². The zero-order chi connectivity index (χ0) is 32.5. The summed E-state index contributed by atoms with van der Waals surface area (Å²) >= 11 is 0. The minimum absolute atomic E-state index is 0.199. The van der Waals surface area contributed by atoms with E-state index in [0.717, 1.165) is 0 Å². The van der Waals surface area contributed by atoms with Gasteiger partial charge in [-0.25, -0.2) is 4.79 Å². The third-order valence-corrected chi connectivity index (χ3v) is 12.9. The Morgan fingerprint density at radius 2 is 1.71 bits per heavy atom. The molecule has 1 spiro atoms. The van der Waals surface area contributed by atoms with Gasteiger partial charge in [-0.1, -0.05) is 20.8 Å². The molecule has 2 aliphatic carbocycles. The summed E-state index contributed by atoms with van der Waals surface area (Å²) in [5.74, 6) is -1.88. The molecule has 13 heteroatoms. The highest BCUT2D eigenvalue weighted by Crippen LogP contribution is 2.79. The summed E-state index contributed by atoms with van der Waals surface area (Å²) in [4.78, 5) is 26.5. The first-order chi connectivity index (χ1) is 21.1. The predicted octanol–water partition coefficient (Wildman–Crippen LogP) is 0.735. The molecule has 5 N–H and O–H groups in total. The van der Waals surface area contributed by atoms with Crippen molar-refractivity contribution < 1.29 is 63.2 Å². The molecule has 15 atom stereocenters. The maximum Gasteiger partial charge on any atom is 0.339 e. The number of aliphatic hydroxyl groups excluding tert-OH is 5. The Kier molecular flexibility index (Phi) is 6.97. The van der Waals surface area contributed by atoms with Crippen molar-refractivity contribution in [1.82, 2.24) is 0 Å². The van der Waals surface area contributed by atoms with Crippen molar-refractivity contribution in [1.29, 1.82) is 0 Å². The van der Waals surface area contributed by atoms with E-state index in [0.29, 0.717) is 18.4 Å². The zero-order valence-electron chi connectivity index (χ0n) is 26.1. The van der Waals surface area contributed by atoms with Gasteiger partial charge in [0.1, 0.15) is 41.7 Å². The minimum Gasteiger partial charge on any atom is -0.472 e. The lowest BCUT2D eigenvalue weighted by atomic mass is 9.36. The van der Waals surface area contributed by atoms with Gasteiger partial charge in [0.25, 0.3) is 0 Å². The molecule has 6 fully saturated rings. The number of furan rings is 1. The first-order valence-electron chi connectivity index (χ1n) is 15.8. The number of epoxide rings is 1. The molecule has 250 valence electrons. The van der Waals surface area contributed by atoms with E-state index in [1.807, 2.05) is 34.6 Å². The Balaban J connectivity index is 1.39. The molecule has 6 aliphatic rings. The van der Waals surface area contributed by atoms with Gasteiger partial charge in [-0.3, -0.25) is 4.79 Å². The summed E-state index contributed by atoms with van der Waals surface area (Å²) in [6, 6.07) is 1.76. The molecule has 5 heterocycles. The first-order valence-corrected chi connectivity index (χ1v) is 15.8. The monoisotopic (exact) mass is 636 g/mol. The van der Waals surface area contributed by atoms with E-state index < -0.39 is 113 Å². The summed E-state index contributed by atoms with van der Waals surface area (Å²) in [6.45, 7) is 8.98. The number of carbonyl (C=O) groups excluding carboxylic acids is 2. The molecule has 4 saturated heterocycles. The average Bonchev–Trinajstić information content (AvgIpc) is 3.56. The number of hydrogen-bond donors (Lipinski definition) is 5. The lowest BCUT2D eigenvalue weighted by molar-refractivity contribution is -0.349. The maximum atomic E-state index is 13.6. The Labute approximate surface area is 260 Å². The van der Waals surface area contributed by atoms with Crippen molar-refractivity contribution in [3.8, 4) is 0 Å². The third kappa shape index (κ3) is 3.89. The number of carbonyl (C=O) groups is 2. The number of aliphatic hydroxyl groups is 5. The smallest absolute Gasteiger partial charge is 0.339 e. The first kappa shape index (κ1) is 31.5. The maximum absolute atomic E-state index is 13.6. The standard InChI is InChI=1S/C32H44O13/c1-28(2)17-10-19(42-27-23(38)22(37)21(36)15(12-33)41-27)31(5)16(30(17,4)18(34)11-20(35)44-28)6-8-29(3)24(14-7-9-40-13-14)43-26(39)25-32(29,31)45-25/h7,9,13,15-19,21-25,27,33-34,36-38H,6,8,10-12H2,1-5H3/t15-,16-,17+,18+,19+,21-,22+,23-,24+,25-,27+,29+,30-,31+,32-/m1/s1. The van der Waals surface area contributed by atoms with Crippen LogP contribution in [0.5, 0.6) is 0 Å². The summed E-state index contributed by atoms with van der Waals surface area (Å²) in [7, 11) is 0. The summed E-state index contributed by atoms with van der Waals surface area (Å²) in [5, 5.41) is 53.8. The predicted molar refractivity (Wildman–Crippen MR) is 150 cm³/mol. The van der Waals surface area contributed by atoms with Crippen molar-refractivity contribution in [2.45, 2.75) is 127 Å². The van der Waals surface area contributed by atoms with Gasteiger partial charge in [-0.2, -0.15) is 0 Å². The molecule has 0 radical (unpaired) electrons. The Hall–Kier alpha value is -2.10. The topological polar surface area (TPSA) is 198 Å². The fourth-order valence-corrected chi connectivity index (χ4v) is 10.7. The fraction of sp³-hybridized carbons (Fsp3) is 0.812. The fourth-order valence-electron chi connectivity index (χ4n) is 10.7. The van der Waals surface area contributed by atoms with Crippen LogP contribution in [0.15, 0.2) is 23.0 Å². The van der Waals surface area contributed by atoms with E-state index in [2.05, 4.69) is 0 Å². The quantitative estimate of drug-likeness (QED) is 0.229. The lowest BCUT2D eigenvalue weighted by Crippen LogP contribution is -2.74. The highest BCUT2D eigenvalue weighted by molar-refractivity contribution is 5.82. The Morgan fingerprint density at radius 1 is 0.978 bits per heavy atom. The zero-order valence-corrected chi connectivity index (χ0v) is 26.1. The second-order valence-corrected chi connectivity index (χ2v) is 15.2. The minimum atomic E-state index is -1.66. The molecule has 0 amide bonds. The average molecular weight is 637 g/mol. The van der Waals surface area contributed by atoms with Crippen LogP contribution in [0.3, 0.4) is 0 Å². The molecule has 0 aromatic carbocycles. The molecule has 4 aliphatic heterocycles. The second-order valence-electron chi connectivity index (χ2n) is 15.2. The number of hydrogen-bond acceptors (Lipinski definition) is 13. The third-order valence-electron chi connectivity index (χ3n) is 12.9. The van der Waals surface area contributed by atoms with E-state index in [1.165, 1.54) is 6.26 Å². The summed E-state index contributed by atoms with van der Waals surface area (Å²) in [6.07, 6.45) is -6.96. The molecular formula is C32H44O13. The molecule has 1 aromatic heterocycles.